The van der Waals surface area contributed by atoms with E-state index in [2.05, 4.69) is 26.8 Å². The Kier molecular flexibility index (Phi) is 2.85. The number of carbonyl (C=O) groups excluding carboxylic acids is 1. The first-order valence-corrected chi connectivity index (χ1v) is 8.88. The van der Waals surface area contributed by atoms with Gasteiger partial charge in [-0.3, -0.25) is 4.79 Å². The van der Waals surface area contributed by atoms with Gasteiger partial charge in [-0.2, -0.15) is 0 Å². The fourth-order valence-electron chi connectivity index (χ4n) is 6.40. The Morgan fingerprint density at radius 2 is 1.90 bits per heavy atom. The van der Waals surface area contributed by atoms with Crippen molar-refractivity contribution in [1.82, 2.24) is 0 Å². The van der Waals surface area contributed by atoms with Crippen molar-refractivity contribution in [2.24, 2.45) is 28.6 Å². The molecular weight excluding hydrogens is 256 g/mol. The van der Waals surface area contributed by atoms with Gasteiger partial charge < -0.3 is 0 Å². The Labute approximate surface area is 128 Å². The van der Waals surface area contributed by atoms with Crippen molar-refractivity contribution >= 4 is 5.78 Å². The highest BCUT2D eigenvalue weighted by molar-refractivity contribution is 5.92. The highest BCUT2D eigenvalue weighted by atomic mass is 16.1. The molecular formula is C20H28O. The van der Waals surface area contributed by atoms with Crippen molar-refractivity contribution in [3.05, 3.63) is 23.3 Å². The number of rotatable bonds is 0. The van der Waals surface area contributed by atoms with Gasteiger partial charge >= 0.3 is 0 Å². The lowest BCUT2D eigenvalue weighted by molar-refractivity contribution is -0.116. The molecule has 1 nitrogen and oxygen atoms in total. The molecule has 0 aromatic rings. The molecule has 0 bridgehead atoms. The van der Waals surface area contributed by atoms with E-state index in [-0.39, 0.29) is 5.41 Å². The average molecular weight is 284 g/mol. The third-order valence-electron chi connectivity index (χ3n) is 7.61. The van der Waals surface area contributed by atoms with E-state index in [0.717, 1.165) is 30.6 Å². The third-order valence-corrected chi connectivity index (χ3v) is 7.61. The number of ketones is 1. The Morgan fingerprint density at radius 3 is 2.71 bits per heavy atom. The molecule has 0 heterocycles. The highest BCUT2D eigenvalue weighted by Crippen LogP contribution is 2.64. The summed E-state index contributed by atoms with van der Waals surface area (Å²) in [5.41, 5.74) is 3.64. The number of hydrogen-bond donors (Lipinski definition) is 0. The van der Waals surface area contributed by atoms with Crippen LogP contribution >= 0.6 is 0 Å². The Morgan fingerprint density at radius 1 is 1.10 bits per heavy atom. The van der Waals surface area contributed by atoms with Crippen LogP contribution in [0.4, 0.5) is 0 Å². The summed E-state index contributed by atoms with van der Waals surface area (Å²) >= 11 is 0. The van der Waals surface area contributed by atoms with Gasteiger partial charge in [0.25, 0.3) is 0 Å². The Bertz CT molecular complexity index is 554. The zero-order valence-electron chi connectivity index (χ0n) is 13.7. The molecule has 0 radical (unpaired) electrons. The van der Waals surface area contributed by atoms with Crippen LogP contribution in [-0.2, 0) is 4.79 Å². The number of hydrogen-bond acceptors (Lipinski definition) is 1. The maximum Gasteiger partial charge on any atom is 0.156 e. The zero-order chi connectivity index (χ0) is 14.8. The SMILES string of the molecule is CC1=CC2C3CCCC3(C)CCC2C2(C)CCC(=O)C=C12. The summed E-state index contributed by atoms with van der Waals surface area (Å²) in [6, 6.07) is 0. The Hall–Kier alpha value is -0.850. The van der Waals surface area contributed by atoms with Crippen molar-refractivity contribution < 1.29 is 4.79 Å². The minimum atomic E-state index is 0.265. The lowest BCUT2D eigenvalue weighted by atomic mass is 9.48. The second kappa shape index (κ2) is 4.33. The second-order valence-corrected chi connectivity index (χ2v) is 8.67. The smallest absolute Gasteiger partial charge is 0.156 e. The lowest BCUT2D eigenvalue weighted by Gasteiger charge is -2.56. The third kappa shape index (κ3) is 1.79. The predicted molar refractivity (Wildman–Crippen MR) is 85.9 cm³/mol. The number of fused-ring (bicyclic) bond motifs is 5. The summed E-state index contributed by atoms with van der Waals surface area (Å²) in [7, 11) is 0. The fourth-order valence-corrected chi connectivity index (χ4v) is 6.40. The van der Waals surface area contributed by atoms with Gasteiger partial charge in [-0.15, -0.1) is 0 Å². The lowest BCUT2D eigenvalue weighted by Crippen LogP contribution is -2.48. The summed E-state index contributed by atoms with van der Waals surface area (Å²) in [6.45, 7) is 7.25. The molecule has 0 saturated heterocycles. The Balaban J connectivity index is 1.81. The maximum atomic E-state index is 11.9. The van der Waals surface area contributed by atoms with Crippen molar-refractivity contribution in [1.29, 1.82) is 0 Å². The van der Waals surface area contributed by atoms with Gasteiger partial charge in [0.15, 0.2) is 5.78 Å². The molecule has 0 amide bonds. The highest BCUT2D eigenvalue weighted by Gasteiger charge is 2.55. The van der Waals surface area contributed by atoms with Gasteiger partial charge in [-0.25, -0.2) is 0 Å². The van der Waals surface area contributed by atoms with Gasteiger partial charge in [0, 0.05) is 6.42 Å². The molecule has 0 aromatic heterocycles. The average Bonchev–Trinajstić information content (AvgIpc) is 2.83. The van der Waals surface area contributed by atoms with E-state index >= 15 is 0 Å². The molecule has 0 spiro atoms. The van der Waals surface area contributed by atoms with E-state index in [9.17, 15) is 4.79 Å². The van der Waals surface area contributed by atoms with Crippen LogP contribution in [0.15, 0.2) is 23.3 Å². The summed E-state index contributed by atoms with van der Waals surface area (Å²) in [6.07, 6.45) is 13.4. The second-order valence-electron chi connectivity index (χ2n) is 8.67. The summed E-state index contributed by atoms with van der Waals surface area (Å²) in [4.78, 5) is 11.9. The number of carbonyl (C=O) groups is 1. The molecule has 0 aromatic carbocycles. The summed E-state index contributed by atoms with van der Waals surface area (Å²) in [5.74, 6) is 2.77. The first-order chi connectivity index (χ1) is 9.94. The van der Waals surface area contributed by atoms with E-state index in [1.165, 1.54) is 43.3 Å². The summed E-state index contributed by atoms with van der Waals surface area (Å²) < 4.78 is 0. The van der Waals surface area contributed by atoms with Crippen molar-refractivity contribution in [3.8, 4) is 0 Å². The van der Waals surface area contributed by atoms with Crippen LogP contribution in [0.5, 0.6) is 0 Å². The van der Waals surface area contributed by atoms with Crippen LogP contribution in [0.3, 0.4) is 0 Å². The molecule has 4 aliphatic carbocycles. The molecule has 2 saturated carbocycles. The maximum absolute atomic E-state index is 11.9. The first kappa shape index (κ1) is 13.8. The van der Waals surface area contributed by atoms with Crippen LogP contribution in [0.25, 0.3) is 0 Å². The first-order valence-electron chi connectivity index (χ1n) is 8.88. The molecule has 114 valence electrons. The van der Waals surface area contributed by atoms with Crippen LogP contribution < -0.4 is 0 Å². The summed E-state index contributed by atoms with van der Waals surface area (Å²) in [5, 5.41) is 0. The largest absolute Gasteiger partial charge is 0.295 e. The minimum absolute atomic E-state index is 0.265. The monoisotopic (exact) mass is 284 g/mol. The molecule has 0 N–H and O–H groups in total. The molecule has 1 heteroatoms. The van der Waals surface area contributed by atoms with Crippen molar-refractivity contribution in [3.63, 3.8) is 0 Å². The van der Waals surface area contributed by atoms with E-state index in [1.54, 1.807) is 0 Å². The topological polar surface area (TPSA) is 17.1 Å². The molecule has 5 unspecified atom stereocenters. The quantitative estimate of drug-likeness (QED) is 0.606. The van der Waals surface area contributed by atoms with Gasteiger partial charge in [-0.1, -0.05) is 31.9 Å². The van der Waals surface area contributed by atoms with E-state index < -0.39 is 0 Å². The van der Waals surface area contributed by atoms with Gasteiger partial charge in [0.1, 0.15) is 0 Å². The van der Waals surface area contributed by atoms with Gasteiger partial charge in [0.2, 0.25) is 0 Å². The zero-order valence-corrected chi connectivity index (χ0v) is 13.7. The number of allylic oxidation sites excluding steroid dienone is 4. The molecule has 5 atom stereocenters. The molecule has 2 fully saturated rings. The van der Waals surface area contributed by atoms with Gasteiger partial charge in [0.05, 0.1) is 0 Å². The fraction of sp³-hybridized carbons (Fsp3) is 0.750. The van der Waals surface area contributed by atoms with Crippen LogP contribution in [0.2, 0.25) is 0 Å². The predicted octanol–water partition coefficient (Wildman–Crippen LogP) is 5.07. The van der Waals surface area contributed by atoms with Crippen LogP contribution in [0.1, 0.15) is 65.7 Å². The van der Waals surface area contributed by atoms with Crippen molar-refractivity contribution in [2.45, 2.75) is 65.7 Å². The van der Waals surface area contributed by atoms with E-state index in [0.29, 0.717) is 11.2 Å². The molecule has 21 heavy (non-hydrogen) atoms. The van der Waals surface area contributed by atoms with Gasteiger partial charge in [-0.05, 0) is 79.3 Å². The van der Waals surface area contributed by atoms with E-state index in [1.807, 2.05) is 6.08 Å². The normalized spacial score (nSPS) is 48.9. The minimum Gasteiger partial charge on any atom is -0.295 e. The van der Waals surface area contributed by atoms with Crippen LogP contribution in [-0.4, -0.2) is 5.78 Å². The molecule has 4 rings (SSSR count). The molecule has 0 aliphatic heterocycles. The van der Waals surface area contributed by atoms with E-state index in [4.69, 9.17) is 0 Å². The molecule has 4 aliphatic rings. The standard InChI is InChI=1S/C20H28O/c1-13-11-15-16-5-4-8-19(16,2)9-7-17(15)20(3)10-6-14(21)12-18(13)20/h11-12,15-17H,4-10H2,1-3H3. The van der Waals surface area contributed by atoms with Crippen LogP contribution in [0, 0.1) is 28.6 Å². The van der Waals surface area contributed by atoms with Crippen molar-refractivity contribution in [2.75, 3.05) is 0 Å².